The van der Waals surface area contributed by atoms with E-state index < -0.39 is 4.92 Å². The van der Waals surface area contributed by atoms with Gasteiger partial charge in [0, 0.05) is 17.5 Å². The van der Waals surface area contributed by atoms with Crippen LogP contribution in [0, 0.1) is 10.1 Å². The van der Waals surface area contributed by atoms with E-state index in [9.17, 15) is 10.1 Å². The van der Waals surface area contributed by atoms with Crippen LogP contribution in [-0.4, -0.2) is 4.92 Å². The molecule has 1 rings (SSSR count). The standard InChI is InChI=1S/C11H13NO2/c1-4-11(2,3)9-5-7-10(8-6-9)12(13)14/h4-8H,1H2,2-3H3. The van der Waals surface area contributed by atoms with Crippen molar-refractivity contribution in [3.05, 3.63) is 52.6 Å². The smallest absolute Gasteiger partial charge is 0.258 e. The second-order valence-electron chi connectivity index (χ2n) is 3.73. The van der Waals surface area contributed by atoms with Gasteiger partial charge in [0.2, 0.25) is 0 Å². The zero-order valence-corrected chi connectivity index (χ0v) is 8.36. The molecule has 1 aromatic rings. The Balaban J connectivity index is 3.05. The van der Waals surface area contributed by atoms with Crippen LogP contribution in [0.25, 0.3) is 0 Å². The molecule has 0 heterocycles. The lowest BCUT2D eigenvalue weighted by Crippen LogP contribution is -2.12. The number of non-ortho nitro benzene ring substituents is 1. The molecule has 0 aliphatic carbocycles. The first kappa shape index (κ1) is 10.4. The summed E-state index contributed by atoms with van der Waals surface area (Å²) in [5.74, 6) is 0. The first-order valence-electron chi connectivity index (χ1n) is 4.36. The molecular formula is C11H13NO2. The number of nitrogens with zero attached hydrogens (tertiary/aromatic N) is 1. The maximum atomic E-state index is 10.4. The van der Waals surface area contributed by atoms with Crippen molar-refractivity contribution in [1.29, 1.82) is 0 Å². The van der Waals surface area contributed by atoms with Crippen molar-refractivity contribution in [1.82, 2.24) is 0 Å². The Labute approximate surface area is 83.2 Å². The van der Waals surface area contributed by atoms with Crippen LogP contribution in [0.1, 0.15) is 19.4 Å². The van der Waals surface area contributed by atoms with Gasteiger partial charge < -0.3 is 0 Å². The first-order chi connectivity index (χ1) is 6.47. The normalized spacial score (nSPS) is 11.0. The highest BCUT2D eigenvalue weighted by atomic mass is 16.6. The second-order valence-corrected chi connectivity index (χ2v) is 3.73. The highest BCUT2D eigenvalue weighted by Gasteiger charge is 2.16. The summed E-state index contributed by atoms with van der Waals surface area (Å²) in [6, 6.07) is 6.56. The Morgan fingerprint density at radius 2 is 1.86 bits per heavy atom. The largest absolute Gasteiger partial charge is 0.269 e. The van der Waals surface area contributed by atoms with Crippen molar-refractivity contribution in [2.24, 2.45) is 0 Å². The van der Waals surface area contributed by atoms with Gasteiger partial charge in [0.15, 0.2) is 0 Å². The molecule has 0 aromatic heterocycles. The zero-order chi connectivity index (χ0) is 10.8. The lowest BCUT2D eigenvalue weighted by molar-refractivity contribution is -0.384. The maximum absolute atomic E-state index is 10.4. The summed E-state index contributed by atoms with van der Waals surface area (Å²) in [4.78, 5) is 10.0. The molecule has 3 nitrogen and oxygen atoms in total. The van der Waals surface area contributed by atoms with E-state index in [1.54, 1.807) is 12.1 Å². The number of rotatable bonds is 3. The van der Waals surface area contributed by atoms with E-state index in [1.165, 1.54) is 12.1 Å². The molecule has 0 radical (unpaired) electrons. The van der Waals surface area contributed by atoms with Crippen LogP contribution in [0.4, 0.5) is 5.69 Å². The van der Waals surface area contributed by atoms with Gasteiger partial charge in [-0.05, 0) is 5.56 Å². The average molecular weight is 191 g/mol. The van der Waals surface area contributed by atoms with Crippen LogP contribution in [0.3, 0.4) is 0 Å². The van der Waals surface area contributed by atoms with E-state index in [1.807, 2.05) is 19.9 Å². The van der Waals surface area contributed by atoms with Gasteiger partial charge in [-0.25, -0.2) is 0 Å². The van der Waals surface area contributed by atoms with Crippen molar-refractivity contribution in [2.45, 2.75) is 19.3 Å². The Morgan fingerprint density at radius 1 is 1.36 bits per heavy atom. The van der Waals surface area contributed by atoms with E-state index >= 15 is 0 Å². The van der Waals surface area contributed by atoms with Gasteiger partial charge in [0.25, 0.3) is 5.69 Å². The minimum atomic E-state index is -0.398. The van der Waals surface area contributed by atoms with E-state index in [0.717, 1.165) is 5.56 Å². The summed E-state index contributed by atoms with van der Waals surface area (Å²) in [5, 5.41) is 10.4. The molecule has 74 valence electrons. The van der Waals surface area contributed by atoms with Gasteiger partial charge in [-0.1, -0.05) is 32.1 Å². The summed E-state index contributed by atoms with van der Waals surface area (Å²) in [7, 11) is 0. The number of hydrogen-bond donors (Lipinski definition) is 0. The lowest BCUT2D eigenvalue weighted by atomic mass is 9.85. The molecule has 0 saturated heterocycles. The average Bonchev–Trinajstić information content (AvgIpc) is 2.18. The highest BCUT2D eigenvalue weighted by Crippen LogP contribution is 2.25. The summed E-state index contributed by atoms with van der Waals surface area (Å²) in [5.41, 5.74) is 1.00. The third kappa shape index (κ3) is 1.99. The molecule has 0 atom stereocenters. The number of allylic oxidation sites excluding steroid dienone is 1. The SMILES string of the molecule is C=CC(C)(C)c1ccc([N+](=O)[O-])cc1. The van der Waals surface area contributed by atoms with E-state index in [-0.39, 0.29) is 11.1 Å². The van der Waals surface area contributed by atoms with Crippen molar-refractivity contribution in [3.8, 4) is 0 Å². The van der Waals surface area contributed by atoms with E-state index in [2.05, 4.69) is 6.58 Å². The monoisotopic (exact) mass is 191 g/mol. The Bertz CT molecular complexity index is 352. The van der Waals surface area contributed by atoms with Crippen molar-refractivity contribution < 1.29 is 4.92 Å². The second kappa shape index (κ2) is 3.62. The van der Waals surface area contributed by atoms with Gasteiger partial charge in [0.05, 0.1) is 4.92 Å². The molecule has 0 bridgehead atoms. The molecule has 0 aliphatic rings. The topological polar surface area (TPSA) is 43.1 Å². The molecule has 1 aromatic carbocycles. The molecule has 14 heavy (non-hydrogen) atoms. The van der Waals surface area contributed by atoms with Gasteiger partial charge in [-0.15, -0.1) is 6.58 Å². The molecular weight excluding hydrogens is 178 g/mol. The molecule has 0 N–H and O–H groups in total. The number of nitro groups is 1. The van der Waals surface area contributed by atoms with Crippen molar-refractivity contribution in [2.75, 3.05) is 0 Å². The van der Waals surface area contributed by atoms with E-state index in [4.69, 9.17) is 0 Å². The van der Waals surface area contributed by atoms with Crippen LogP contribution in [-0.2, 0) is 5.41 Å². The van der Waals surface area contributed by atoms with Gasteiger partial charge in [-0.2, -0.15) is 0 Å². The number of hydrogen-bond acceptors (Lipinski definition) is 2. The minimum Gasteiger partial charge on any atom is -0.258 e. The molecule has 0 fully saturated rings. The van der Waals surface area contributed by atoms with Crippen LogP contribution >= 0.6 is 0 Å². The third-order valence-electron chi connectivity index (χ3n) is 2.33. The van der Waals surface area contributed by atoms with Crippen molar-refractivity contribution >= 4 is 5.69 Å². The predicted molar refractivity (Wildman–Crippen MR) is 56.3 cm³/mol. The van der Waals surface area contributed by atoms with Crippen LogP contribution < -0.4 is 0 Å². The number of nitro benzene ring substituents is 1. The third-order valence-corrected chi connectivity index (χ3v) is 2.33. The fraction of sp³-hybridized carbons (Fsp3) is 0.273. The fourth-order valence-corrected chi connectivity index (χ4v) is 1.13. The molecule has 0 amide bonds. The van der Waals surface area contributed by atoms with Gasteiger partial charge >= 0.3 is 0 Å². The Kier molecular flexibility index (Phi) is 2.70. The first-order valence-corrected chi connectivity index (χ1v) is 4.36. The zero-order valence-electron chi connectivity index (χ0n) is 8.36. The molecule has 0 spiro atoms. The molecule has 3 heteroatoms. The molecule has 0 aliphatic heterocycles. The van der Waals surface area contributed by atoms with Crippen molar-refractivity contribution in [3.63, 3.8) is 0 Å². The Hall–Kier alpha value is -1.64. The Morgan fingerprint density at radius 3 is 2.21 bits per heavy atom. The van der Waals surface area contributed by atoms with Gasteiger partial charge in [0.1, 0.15) is 0 Å². The summed E-state index contributed by atoms with van der Waals surface area (Å²) in [6.07, 6.45) is 1.83. The molecule has 0 saturated carbocycles. The summed E-state index contributed by atoms with van der Waals surface area (Å²) < 4.78 is 0. The van der Waals surface area contributed by atoms with Crippen LogP contribution in [0.5, 0.6) is 0 Å². The minimum absolute atomic E-state index is 0.119. The van der Waals surface area contributed by atoms with Gasteiger partial charge in [-0.3, -0.25) is 10.1 Å². The summed E-state index contributed by atoms with van der Waals surface area (Å²) in [6.45, 7) is 7.76. The highest BCUT2D eigenvalue weighted by molar-refractivity contribution is 5.37. The fourth-order valence-electron chi connectivity index (χ4n) is 1.13. The summed E-state index contributed by atoms with van der Waals surface area (Å²) >= 11 is 0. The predicted octanol–water partition coefficient (Wildman–Crippen LogP) is 3.06. The maximum Gasteiger partial charge on any atom is 0.269 e. The van der Waals surface area contributed by atoms with Crippen LogP contribution in [0.2, 0.25) is 0 Å². The quantitative estimate of drug-likeness (QED) is 0.418. The number of benzene rings is 1. The lowest BCUT2D eigenvalue weighted by Gasteiger charge is -2.19. The molecule has 0 unspecified atom stereocenters. The van der Waals surface area contributed by atoms with Crippen LogP contribution in [0.15, 0.2) is 36.9 Å². The van der Waals surface area contributed by atoms with E-state index in [0.29, 0.717) is 0 Å².